The molecule has 8 heteroatoms. The van der Waals surface area contributed by atoms with Crippen LogP contribution in [0.5, 0.6) is 5.75 Å². The third kappa shape index (κ3) is 5.53. The molecule has 2 heterocycles. The van der Waals surface area contributed by atoms with Gasteiger partial charge >= 0.3 is 0 Å². The summed E-state index contributed by atoms with van der Waals surface area (Å²) in [6.07, 6.45) is 10.5. The highest BCUT2D eigenvalue weighted by molar-refractivity contribution is 7.99. The maximum Gasteiger partial charge on any atom is 0.262 e. The number of aliphatic hydroxyl groups is 1. The van der Waals surface area contributed by atoms with E-state index < -0.39 is 15.8 Å². The van der Waals surface area contributed by atoms with Crippen LogP contribution in [0.15, 0.2) is 48.6 Å². The molecule has 6 rings (SSSR count). The van der Waals surface area contributed by atoms with Gasteiger partial charge in [-0.05, 0) is 111 Å². The van der Waals surface area contributed by atoms with Crippen molar-refractivity contribution >= 4 is 38.8 Å². The highest BCUT2D eigenvalue weighted by Gasteiger charge is 2.44. The number of allylic oxidation sites excluding steroid dienone is 1. The lowest BCUT2D eigenvalue weighted by atomic mass is 9.68. The topological polar surface area (TPSA) is 78.9 Å². The number of benzene rings is 2. The largest absolute Gasteiger partial charge is 0.490 e. The molecule has 41 heavy (non-hydrogen) atoms. The molecule has 1 fully saturated rings. The minimum atomic E-state index is -2.87. The lowest BCUT2D eigenvalue weighted by Gasteiger charge is -2.45. The number of nitrogens with one attached hydrogen (secondary N) is 1. The molecule has 2 N–H and O–H groups in total. The number of aryl methyl sites for hydroxylation is 1. The number of amides is 1. The molecular formula is C33H41ClN2O4S. The first-order valence-electron chi connectivity index (χ1n) is 15.0. The predicted octanol–water partition coefficient (Wildman–Crippen LogP) is 5.69. The standard InChI is InChI=1S/C33H41ClN2O4S/c1-3-26-8-4-5-9-30(37)27-13-10-24(27)19-36-20-33(16-6-7-22-17-25(34)12-14-28(22)33)21-40-31-15-11-23(18-29(31)36)32(38)35-41(26,2)39/h5,9,11-12,14-15,17-18,24,26-27,30,37H,2-4,6-8,10,13,16,19-21H2,1H3,(H,35,38,39)/b9-5-/t24-,26+,27+,30+,33-,41?/m0/s1. The van der Waals surface area contributed by atoms with Gasteiger partial charge < -0.3 is 14.7 Å². The van der Waals surface area contributed by atoms with Crippen LogP contribution in [-0.2, 0) is 21.5 Å². The molecular weight excluding hydrogens is 556 g/mol. The number of hydrogen-bond donors (Lipinski definition) is 2. The number of ether oxygens (including phenoxy) is 1. The average Bonchev–Trinajstić information content (AvgIpc) is 3.07. The molecule has 2 bridgehead atoms. The summed E-state index contributed by atoms with van der Waals surface area (Å²) in [5.41, 5.74) is 3.69. The Bertz CT molecular complexity index is 1460. The van der Waals surface area contributed by atoms with Crippen molar-refractivity contribution in [2.45, 2.75) is 75.1 Å². The van der Waals surface area contributed by atoms with E-state index in [4.69, 9.17) is 16.3 Å². The molecule has 2 aliphatic carbocycles. The Kier molecular flexibility index (Phi) is 7.90. The van der Waals surface area contributed by atoms with Crippen LogP contribution < -0.4 is 14.4 Å². The Morgan fingerprint density at radius 1 is 1.22 bits per heavy atom. The Morgan fingerprint density at radius 2 is 2.07 bits per heavy atom. The van der Waals surface area contributed by atoms with E-state index in [1.54, 1.807) is 6.07 Å². The summed E-state index contributed by atoms with van der Waals surface area (Å²) in [5, 5.41) is 11.6. The molecule has 0 saturated heterocycles. The Hall–Kier alpha value is -2.48. The van der Waals surface area contributed by atoms with Crippen LogP contribution >= 0.6 is 11.6 Å². The van der Waals surface area contributed by atoms with Gasteiger partial charge in [0.05, 0.1) is 28.1 Å². The summed E-state index contributed by atoms with van der Waals surface area (Å²) in [7, 11) is -2.87. The summed E-state index contributed by atoms with van der Waals surface area (Å²) in [4.78, 5) is 15.9. The SMILES string of the molecule is C=S1(=O)NC(=O)c2ccc3c(c2)N(C[C@@H]2CC[C@H]2[C@H](O)/C=C\CC[C@H]1CC)C[C@@]1(CCCc2cc(Cl)ccc21)CO3. The van der Waals surface area contributed by atoms with Crippen molar-refractivity contribution in [2.75, 3.05) is 24.6 Å². The molecule has 2 aromatic carbocycles. The van der Waals surface area contributed by atoms with Crippen molar-refractivity contribution in [1.29, 1.82) is 0 Å². The van der Waals surface area contributed by atoms with Crippen LogP contribution in [0.3, 0.4) is 0 Å². The van der Waals surface area contributed by atoms with Gasteiger partial charge in [-0.15, -0.1) is 0 Å². The second kappa shape index (κ2) is 11.3. The van der Waals surface area contributed by atoms with E-state index in [-0.39, 0.29) is 22.5 Å². The molecule has 1 unspecified atom stereocenters. The highest BCUT2D eigenvalue weighted by Crippen LogP contribution is 2.46. The van der Waals surface area contributed by atoms with Gasteiger partial charge in [0.25, 0.3) is 5.91 Å². The lowest BCUT2D eigenvalue weighted by molar-refractivity contribution is 0.0456. The smallest absolute Gasteiger partial charge is 0.262 e. The number of fused-ring (bicyclic) bond motifs is 4. The molecule has 6 nitrogen and oxygen atoms in total. The zero-order valence-electron chi connectivity index (χ0n) is 23.8. The van der Waals surface area contributed by atoms with Crippen LogP contribution in [0.25, 0.3) is 0 Å². The van der Waals surface area contributed by atoms with Crippen molar-refractivity contribution in [3.05, 3.63) is 70.3 Å². The van der Waals surface area contributed by atoms with Gasteiger partial charge in [0.2, 0.25) is 0 Å². The number of rotatable bonds is 1. The van der Waals surface area contributed by atoms with Gasteiger partial charge in [-0.2, -0.15) is 0 Å². The fraction of sp³-hybridized carbons (Fsp3) is 0.515. The van der Waals surface area contributed by atoms with Gasteiger partial charge in [0.1, 0.15) is 5.75 Å². The Labute approximate surface area is 249 Å². The molecule has 1 saturated carbocycles. The zero-order valence-corrected chi connectivity index (χ0v) is 25.4. The molecule has 220 valence electrons. The van der Waals surface area contributed by atoms with E-state index in [0.717, 1.165) is 61.7 Å². The zero-order chi connectivity index (χ0) is 28.8. The summed E-state index contributed by atoms with van der Waals surface area (Å²) in [6.45, 7) is 4.04. The second-order valence-electron chi connectivity index (χ2n) is 12.5. The van der Waals surface area contributed by atoms with E-state index >= 15 is 0 Å². The van der Waals surface area contributed by atoms with Gasteiger partial charge in [-0.3, -0.25) is 9.52 Å². The van der Waals surface area contributed by atoms with Crippen molar-refractivity contribution in [3.8, 4) is 5.75 Å². The van der Waals surface area contributed by atoms with Crippen LogP contribution in [0, 0.1) is 11.8 Å². The van der Waals surface area contributed by atoms with E-state index in [9.17, 15) is 14.1 Å². The minimum Gasteiger partial charge on any atom is -0.490 e. The summed E-state index contributed by atoms with van der Waals surface area (Å²) in [5.74, 6) is 4.85. The third-order valence-corrected chi connectivity index (χ3v) is 12.3. The fourth-order valence-corrected chi connectivity index (χ4v) is 9.28. The van der Waals surface area contributed by atoms with Crippen LogP contribution in [0.1, 0.15) is 73.4 Å². The third-order valence-electron chi connectivity index (χ3n) is 9.92. The fourth-order valence-electron chi connectivity index (χ4n) is 7.43. The monoisotopic (exact) mass is 596 g/mol. The summed E-state index contributed by atoms with van der Waals surface area (Å²) in [6, 6.07) is 11.8. The van der Waals surface area contributed by atoms with Crippen LogP contribution in [0.4, 0.5) is 5.69 Å². The molecule has 1 amide bonds. The van der Waals surface area contributed by atoms with Gasteiger partial charge in [-0.1, -0.05) is 36.7 Å². The van der Waals surface area contributed by atoms with E-state index in [2.05, 4.69) is 27.6 Å². The van der Waals surface area contributed by atoms with E-state index in [1.165, 1.54) is 11.1 Å². The highest BCUT2D eigenvalue weighted by atomic mass is 35.5. The van der Waals surface area contributed by atoms with Crippen molar-refractivity contribution in [2.24, 2.45) is 11.8 Å². The first-order valence-corrected chi connectivity index (χ1v) is 17.2. The van der Waals surface area contributed by atoms with Crippen molar-refractivity contribution < 1.29 is 18.8 Å². The molecule has 2 aromatic rings. The first-order chi connectivity index (χ1) is 19.7. The van der Waals surface area contributed by atoms with Crippen molar-refractivity contribution in [1.82, 2.24) is 4.72 Å². The van der Waals surface area contributed by atoms with Crippen LogP contribution in [-0.4, -0.2) is 52.1 Å². The number of anilines is 1. The maximum atomic E-state index is 13.6. The number of carbonyl (C=O) groups is 1. The minimum absolute atomic E-state index is 0.186. The number of nitrogens with zero attached hydrogens (tertiary/aromatic N) is 1. The van der Waals surface area contributed by atoms with E-state index in [1.807, 2.05) is 37.3 Å². The average molecular weight is 597 g/mol. The molecule has 6 atom stereocenters. The summed E-state index contributed by atoms with van der Waals surface area (Å²) < 4.78 is 22.9. The number of carbonyl (C=O) groups excluding carboxylic acids is 1. The lowest BCUT2D eigenvalue weighted by Crippen LogP contribution is -2.49. The number of aliphatic hydroxyl groups excluding tert-OH is 1. The number of halogens is 1. The molecule has 2 aliphatic heterocycles. The van der Waals surface area contributed by atoms with Crippen molar-refractivity contribution in [3.63, 3.8) is 0 Å². The summed E-state index contributed by atoms with van der Waals surface area (Å²) >= 11 is 6.40. The quantitative estimate of drug-likeness (QED) is 0.327. The van der Waals surface area contributed by atoms with Gasteiger partial charge in [-0.25, -0.2) is 4.21 Å². The van der Waals surface area contributed by atoms with Gasteiger partial charge in [0, 0.05) is 34.3 Å². The predicted molar refractivity (Wildman–Crippen MR) is 168 cm³/mol. The normalized spacial score (nSPS) is 34.3. The molecule has 0 aromatic heterocycles. The van der Waals surface area contributed by atoms with Crippen LogP contribution in [0.2, 0.25) is 5.02 Å². The van der Waals surface area contributed by atoms with E-state index in [0.29, 0.717) is 37.4 Å². The maximum absolute atomic E-state index is 13.6. The first kappa shape index (κ1) is 28.6. The van der Waals surface area contributed by atoms with Gasteiger partial charge in [0.15, 0.2) is 0 Å². The molecule has 4 aliphatic rings. The molecule has 1 spiro atoms. The second-order valence-corrected chi connectivity index (χ2v) is 15.2. The Morgan fingerprint density at radius 3 is 2.85 bits per heavy atom. The Balaban J connectivity index is 1.42. The molecule has 0 radical (unpaired) electrons. The number of hydrogen-bond acceptors (Lipinski definition) is 5.